The van der Waals surface area contributed by atoms with Crippen molar-refractivity contribution in [3.63, 3.8) is 0 Å². The molecule has 1 saturated carbocycles. The molecule has 0 aliphatic heterocycles. The molecule has 0 unspecified atom stereocenters. The van der Waals surface area contributed by atoms with Gasteiger partial charge in [-0.15, -0.1) is 0 Å². The molecule has 6 rings (SSSR count). The lowest BCUT2D eigenvalue weighted by Crippen LogP contribution is -2.53. The third-order valence-electron chi connectivity index (χ3n) is 10.3. The van der Waals surface area contributed by atoms with Gasteiger partial charge in [0, 0.05) is 28.2 Å². The number of nitrogens with zero attached hydrogens (tertiary/aromatic N) is 1. The third-order valence-corrected chi connectivity index (χ3v) is 10.6. The third kappa shape index (κ3) is 5.61. The first-order valence-corrected chi connectivity index (χ1v) is 15.8. The van der Waals surface area contributed by atoms with Gasteiger partial charge >= 0.3 is 5.97 Å². The first-order valence-electron chi connectivity index (χ1n) is 15.5. The lowest BCUT2D eigenvalue weighted by atomic mass is 9.59. The smallest absolute Gasteiger partial charge is 0.329 e. The predicted molar refractivity (Wildman–Crippen MR) is 164 cm³/mol. The van der Waals surface area contributed by atoms with Crippen LogP contribution in [-0.4, -0.2) is 28.2 Å². The number of benzene rings is 2. The number of fused-ring (bicyclic) bond motifs is 3. The zero-order valence-electron chi connectivity index (χ0n) is 24.8. The number of carboxylic acids is 1. The number of aryl methyl sites for hydroxylation is 1. The number of ether oxygens (including phenoxy) is 1. The number of pyridine rings is 1. The Morgan fingerprint density at radius 2 is 1.93 bits per heavy atom. The quantitative estimate of drug-likeness (QED) is 0.268. The normalized spacial score (nSPS) is 26.9. The number of carboxylic acid groups (broad SMARTS) is 1. The fraction of sp³-hybridized carbons (Fsp3) is 0.486. The number of hydrogen-bond donors (Lipinski definition) is 2. The van der Waals surface area contributed by atoms with E-state index in [2.05, 4.69) is 24.1 Å². The highest BCUT2D eigenvalue weighted by atomic mass is 35.5. The van der Waals surface area contributed by atoms with E-state index in [1.165, 1.54) is 17.7 Å². The number of aromatic nitrogens is 1. The van der Waals surface area contributed by atoms with Crippen LogP contribution in [0.15, 0.2) is 48.7 Å². The first kappa shape index (κ1) is 29.9. The van der Waals surface area contributed by atoms with E-state index in [1.807, 2.05) is 18.3 Å². The van der Waals surface area contributed by atoms with E-state index in [-0.39, 0.29) is 11.8 Å². The molecule has 0 saturated heterocycles. The Morgan fingerprint density at radius 1 is 1.16 bits per heavy atom. The lowest BCUT2D eigenvalue weighted by Gasteiger charge is -2.47. The molecule has 3 atom stereocenters. The van der Waals surface area contributed by atoms with E-state index in [9.17, 15) is 18.7 Å². The van der Waals surface area contributed by atoms with Crippen LogP contribution in [0.4, 0.5) is 14.5 Å². The van der Waals surface area contributed by atoms with Gasteiger partial charge in [-0.2, -0.15) is 0 Å². The van der Waals surface area contributed by atoms with E-state index >= 15 is 0 Å². The molecule has 1 spiro atoms. The van der Waals surface area contributed by atoms with Gasteiger partial charge in [0.05, 0.1) is 6.61 Å². The zero-order chi connectivity index (χ0) is 30.4. The summed E-state index contributed by atoms with van der Waals surface area (Å²) in [6.07, 6.45) is 8.35. The molecule has 2 N–H and O–H groups in total. The minimum absolute atomic E-state index is 0.116. The van der Waals surface area contributed by atoms with Crippen LogP contribution in [-0.2, 0) is 23.1 Å². The Kier molecular flexibility index (Phi) is 8.14. The summed E-state index contributed by atoms with van der Waals surface area (Å²) >= 11 is 6.18. The van der Waals surface area contributed by atoms with Crippen molar-refractivity contribution in [2.24, 2.45) is 11.8 Å². The summed E-state index contributed by atoms with van der Waals surface area (Å²) < 4.78 is 35.5. The number of carbonyl (C=O) groups is 1. The Bertz CT molecular complexity index is 1520. The van der Waals surface area contributed by atoms with Crippen LogP contribution < -0.4 is 10.1 Å². The SMILES string of the molecule is C[C@@H](COc1ccnc2c1[C@H](C)CCC2)C[C@H]1Cc2cc(F)c(F)cc2C12CCC(Nc1cccc(Cl)c1)(C(=O)O)CC2. The number of nitrogens with one attached hydrogen (secondary N) is 1. The molecule has 0 bridgehead atoms. The molecule has 1 heterocycles. The first-order chi connectivity index (χ1) is 20.6. The molecular weight excluding hydrogens is 570 g/mol. The Labute approximate surface area is 257 Å². The fourth-order valence-corrected chi connectivity index (χ4v) is 8.29. The van der Waals surface area contributed by atoms with E-state index < -0.39 is 28.6 Å². The van der Waals surface area contributed by atoms with Crippen molar-refractivity contribution in [3.8, 4) is 5.75 Å². The van der Waals surface area contributed by atoms with Crippen LogP contribution >= 0.6 is 11.6 Å². The van der Waals surface area contributed by atoms with Crippen molar-refractivity contribution >= 4 is 23.3 Å². The molecule has 3 aliphatic carbocycles. The van der Waals surface area contributed by atoms with Gasteiger partial charge in [-0.1, -0.05) is 31.5 Å². The number of rotatable bonds is 8. The second-order valence-electron chi connectivity index (χ2n) is 13.1. The van der Waals surface area contributed by atoms with Gasteiger partial charge in [-0.05, 0) is 128 Å². The summed E-state index contributed by atoms with van der Waals surface area (Å²) in [7, 11) is 0. The van der Waals surface area contributed by atoms with Crippen molar-refractivity contribution in [2.45, 2.75) is 88.5 Å². The highest BCUT2D eigenvalue weighted by Gasteiger charge is 2.54. The minimum Gasteiger partial charge on any atom is -0.493 e. The number of anilines is 1. The maximum Gasteiger partial charge on any atom is 0.329 e. The van der Waals surface area contributed by atoms with Crippen LogP contribution in [0.2, 0.25) is 5.02 Å². The van der Waals surface area contributed by atoms with Crippen LogP contribution in [0.3, 0.4) is 0 Å². The molecule has 228 valence electrons. The maximum absolute atomic E-state index is 14.7. The van der Waals surface area contributed by atoms with Gasteiger partial charge in [-0.3, -0.25) is 4.98 Å². The number of aliphatic carboxylic acids is 1. The minimum atomic E-state index is -1.17. The van der Waals surface area contributed by atoms with Crippen LogP contribution in [0, 0.1) is 23.5 Å². The summed E-state index contributed by atoms with van der Waals surface area (Å²) in [6, 6.07) is 11.8. The lowest BCUT2D eigenvalue weighted by molar-refractivity contribution is -0.144. The largest absolute Gasteiger partial charge is 0.493 e. The van der Waals surface area contributed by atoms with E-state index in [4.69, 9.17) is 16.3 Å². The zero-order valence-corrected chi connectivity index (χ0v) is 25.5. The standard InChI is InChI=1S/C35H39ClF2N2O3/c1-21(20-43-31-9-14-39-30-8-3-5-22(2)32(30)31)15-24-16-23-17-28(37)29(38)19-27(23)34(24)10-12-35(13-11-34,33(41)42)40-26-7-4-6-25(36)18-26/h4,6-7,9,14,17-19,21-22,24,40H,3,5,8,10-13,15-16,20H2,1-2H3,(H,41,42)/t21-,22-,24+,34?,35?/m1/s1. The Morgan fingerprint density at radius 3 is 2.67 bits per heavy atom. The molecule has 3 aliphatic rings. The summed E-state index contributed by atoms with van der Waals surface area (Å²) in [6.45, 7) is 4.93. The molecule has 8 heteroatoms. The molecule has 43 heavy (non-hydrogen) atoms. The molecule has 5 nitrogen and oxygen atoms in total. The molecule has 2 aromatic carbocycles. The average molecular weight is 609 g/mol. The highest BCUT2D eigenvalue weighted by Crippen LogP contribution is 2.56. The number of halogens is 3. The van der Waals surface area contributed by atoms with E-state index in [0.717, 1.165) is 48.3 Å². The van der Waals surface area contributed by atoms with Gasteiger partial charge in [0.25, 0.3) is 0 Å². The van der Waals surface area contributed by atoms with Crippen LogP contribution in [0.5, 0.6) is 5.75 Å². The molecular formula is C35H39ClF2N2O3. The second-order valence-corrected chi connectivity index (χ2v) is 13.6. The van der Waals surface area contributed by atoms with E-state index in [0.29, 0.717) is 55.3 Å². The molecule has 0 radical (unpaired) electrons. The van der Waals surface area contributed by atoms with Crippen LogP contribution in [0.25, 0.3) is 0 Å². The van der Waals surface area contributed by atoms with E-state index in [1.54, 1.807) is 18.2 Å². The number of hydrogen-bond acceptors (Lipinski definition) is 4. The van der Waals surface area contributed by atoms with Gasteiger partial charge in [0.2, 0.25) is 0 Å². The van der Waals surface area contributed by atoms with Crippen molar-refractivity contribution in [3.05, 3.63) is 87.7 Å². The van der Waals surface area contributed by atoms with Gasteiger partial charge in [0.15, 0.2) is 11.6 Å². The second kappa shape index (κ2) is 11.7. The molecule has 0 amide bonds. The predicted octanol–water partition coefficient (Wildman–Crippen LogP) is 8.48. The fourth-order valence-electron chi connectivity index (χ4n) is 8.10. The van der Waals surface area contributed by atoms with Crippen molar-refractivity contribution in [1.82, 2.24) is 4.98 Å². The molecule has 1 aromatic heterocycles. The summed E-state index contributed by atoms with van der Waals surface area (Å²) in [4.78, 5) is 17.3. The van der Waals surface area contributed by atoms with Gasteiger partial charge < -0.3 is 15.2 Å². The van der Waals surface area contributed by atoms with Gasteiger partial charge in [-0.25, -0.2) is 13.6 Å². The summed E-state index contributed by atoms with van der Waals surface area (Å²) in [5.74, 6) is -0.973. The Balaban J connectivity index is 1.23. The summed E-state index contributed by atoms with van der Waals surface area (Å²) in [5, 5.41) is 14.2. The van der Waals surface area contributed by atoms with Crippen LogP contribution in [0.1, 0.15) is 87.1 Å². The molecule has 1 fully saturated rings. The summed E-state index contributed by atoms with van der Waals surface area (Å²) in [5.41, 5.74) is 3.07. The molecule has 3 aromatic rings. The average Bonchev–Trinajstić information content (AvgIpc) is 3.24. The van der Waals surface area contributed by atoms with Gasteiger partial charge in [0.1, 0.15) is 11.3 Å². The topological polar surface area (TPSA) is 71.5 Å². The van der Waals surface area contributed by atoms with Crippen molar-refractivity contribution < 1.29 is 23.4 Å². The Hall–Kier alpha value is -3.19. The monoisotopic (exact) mass is 608 g/mol. The maximum atomic E-state index is 14.7. The van der Waals surface area contributed by atoms with Crippen molar-refractivity contribution in [2.75, 3.05) is 11.9 Å². The van der Waals surface area contributed by atoms with Crippen molar-refractivity contribution in [1.29, 1.82) is 0 Å². The highest BCUT2D eigenvalue weighted by molar-refractivity contribution is 6.30.